The summed E-state index contributed by atoms with van der Waals surface area (Å²) in [5.41, 5.74) is 7.80. The summed E-state index contributed by atoms with van der Waals surface area (Å²) in [4.78, 5) is 2.54. The van der Waals surface area contributed by atoms with Crippen LogP contribution in [0.2, 0.25) is 0 Å². The van der Waals surface area contributed by atoms with E-state index in [0.717, 1.165) is 0 Å². The van der Waals surface area contributed by atoms with E-state index in [4.69, 9.17) is 5.53 Å². The van der Waals surface area contributed by atoms with Gasteiger partial charge in [-0.05, 0) is 25.3 Å². The summed E-state index contributed by atoms with van der Waals surface area (Å²) >= 11 is 0. The van der Waals surface area contributed by atoms with Crippen molar-refractivity contribution in [2.45, 2.75) is 25.9 Å². The molecule has 0 saturated heterocycles. The lowest BCUT2D eigenvalue weighted by atomic mass is 10.2. The van der Waals surface area contributed by atoms with Gasteiger partial charge in [0.15, 0.2) is 0 Å². The molecule has 4 heteroatoms. The molecule has 0 aliphatic heterocycles. The molecule has 1 atom stereocenters. The molecule has 0 amide bonds. The number of azide groups is 1. The fourth-order valence-electron chi connectivity index (χ4n) is 0.488. The number of halogens is 1. The number of nitrogens with zero attached hydrogens (tertiary/aromatic N) is 3. The van der Waals surface area contributed by atoms with Gasteiger partial charge in [-0.15, -0.1) is 0 Å². The van der Waals surface area contributed by atoms with Crippen LogP contribution in [0.4, 0.5) is 4.39 Å². The highest BCUT2D eigenvalue weighted by Gasteiger charge is 1.94. The number of rotatable bonds is 4. The lowest BCUT2D eigenvalue weighted by molar-refractivity contribution is 0.336. The van der Waals surface area contributed by atoms with Gasteiger partial charge in [-0.25, -0.2) is 4.39 Å². The minimum absolute atomic E-state index is 0.408. The average molecular weight is 131 g/mol. The average Bonchev–Trinajstić information content (AvgIpc) is 1.80. The van der Waals surface area contributed by atoms with Crippen molar-refractivity contribution in [2.75, 3.05) is 6.54 Å². The van der Waals surface area contributed by atoms with Crippen molar-refractivity contribution in [3.63, 3.8) is 0 Å². The van der Waals surface area contributed by atoms with Gasteiger partial charge in [0.1, 0.15) is 0 Å². The van der Waals surface area contributed by atoms with Crippen LogP contribution in [0.3, 0.4) is 0 Å². The SMILES string of the molecule is C[C@H](F)CCCN=[N+]=[N-]. The van der Waals surface area contributed by atoms with Crippen molar-refractivity contribution in [1.82, 2.24) is 0 Å². The van der Waals surface area contributed by atoms with Crippen molar-refractivity contribution in [1.29, 1.82) is 0 Å². The standard InChI is InChI=1S/C5H10FN3/c1-5(6)3-2-4-8-9-7/h5H,2-4H2,1H3/t5-/m0/s1. The fourth-order valence-corrected chi connectivity index (χ4v) is 0.488. The van der Waals surface area contributed by atoms with Gasteiger partial charge in [-0.3, -0.25) is 0 Å². The quantitative estimate of drug-likeness (QED) is 0.243. The maximum atomic E-state index is 12.0. The van der Waals surface area contributed by atoms with Gasteiger partial charge in [0.05, 0.1) is 6.17 Å². The predicted octanol–water partition coefficient (Wildman–Crippen LogP) is 2.43. The van der Waals surface area contributed by atoms with Crippen LogP contribution in [-0.4, -0.2) is 12.7 Å². The molecular formula is C5H10FN3. The highest BCUT2D eigenvalue weighted by molar-refractivity contribution is 4.51. The first-order valence-electron chi connectivity index (χ1n) is 2.92. The van der Waals surface area contributed by atoms with E-state index >= 15 is 0 Å². The van der Waals surface area contributed by atoms with Crippen LogP contribution in [0.1, 0.15) is 19.8 Å². The molecule has 0 aliphatic rings. The van der Waals surface area contributed by atoms with Crippen LogP contribution >= 0.6 is 0 Å². The topological polar surface area (TPSA) is 48.8 Å². The van der Waals surface area contributed by atoms with Gasteiger partial charge in [0, 0.05) is 11.5 Å². The molecule has 0 rings (SSSR count). The Balaban J connectivity index is 3.00. The second-order valence-corrected chi connectivity index (χ2v) is 1.88. The van der Waals surface area contributed by atoms with Crippen LogP contribution in [0.25, 0.3) is 10.4 Å². The summed E-state index contributed by atoms with van der Waals surface area (Å²) in [7, 11) is 0. The second-order valence-electron chi connectivity index (χ2n) is 1.88. The van der Waals surface area contributed by atoms with Gasteiger partial charge in [0.25, 0.3) is 0 Å². The Hall–Kier alpha value is -0.760. The molecule has 0 spiro atoms. The van der Waals surface area contributed by atoms with Crippen LogP contribution < -0.4 is 0 Å². The highest BCUT2D eigenvalue weighted by atomic mass is 19.1. The van der Waals surface area contributed by atoms with E-state index in [1.165, 1.54) is 6.92 Å². The van der Waals surface area contributed by atoms with Crippen LogP contribution in [0.15, 0.2) is 5.11 Å². The molecule has 0 fully saturated rings. The minimum atomic E-state index is -0.779. The Morgan fingerprint density at radius 1 is 1.78 bits per heavy atom. The molecular weight excluding hydrogens is 121 g/mol. The lowest BCUT2D eigenvalue weighted by Gasteiger charge is -1.95. The predicted molar refractivity (Wildman–Crippen MR) is 33.8 cm³/mol. The molecule has 0 aromatic carbocycles. The van der Waals surface area contributed by atoms with Gasteiger partial charge in [0.2, 0.25) is 0 Å². The summed E-state index contributed by atoms with van der Waals surface area (Å²) < 4.78 is 12.0. The first-order valence-corrected chi connectivity index (χ1v) is 2.92. The third kappa shape index (κ3) is 7.24. The van der Waals surface area contributed by atoms with Gasteiger partial charge in [-0.1, -0.05) is 5.11 Å². The Kier molecular flexibility index (Phi) is 4.92. The third-order valence-corrected chi connectivity index (χ3v) is 0.923. The second kappa shape index (κ2) is 5.38. The highest BCUT2D eigenvalue weighted by Crippen LogP contribution is 1.99. The number of hydrogen-bond acceptors (Lipinski definition) is 1. The van der Waals surface area contributed by atoms with Gasteiger partial charge >= 0.3 is 0 Å². The zero-order chi connectivity index (χ0) is 7.11. The molecule has 9 heavy (non-hydrogen) atoms. The minimum Gasteiger partial charge on any atom is -0.248 e. The summed E-state index contributed by atoms with van der Waals surface area (Å²) in [6.07, 6.45) is 0.347. The Morgan fingerprint density at radius 3 is 2.89 bits per heavy atom. The van der Waals surface area contributed by atoms with E-state index in [-0.39, 0.29) is 0 Å². The molecule has 0 aliphatic carbocycles. The third-order valence-electron chi connectivity index (χ3n) is 0.923. The number of alkyl halides is 1. The molecule has 0 saturated carbocycles. The lowest BCUT2D eigenvalue weighted by Crippen LogP contribution is -1.92. The molecule has 52 valence electrons. The molecule has 0 unspecified atom stereocenters. The molecule has 0 aromatic rings. The maximum absolute atomic E-state index is 12.0. The largest absolute Gasteiger partial charge is 0.248 e. The number of hydrogen-bond donors (Lipinski definition) is 0. The van der Waals surface area contributed by atoms with Crippen LogP contribution in [0.5, 0.6) is 0 Å². The molecule has 0 bridgehead atoms. The monoisotopic (exact) mass is 131 g/mol. The van der Waals surface area contributed by atoms with Gasteiger partial charge < -0.3 is 0 Å². The van der Waals surface area contributed by atoms with Gasteiger partial charge in [-0.2, -0.15) is 0 Å². The summed E-state index contributed by atoms with van der Waals surface area (Å²) in [6.45, 7) is 1.90. The van der Waals surface area contributed by atoms with E-state index in [1.807, 2.05) is 0 Å². The first kappa shape index (κ1) is 8.24. The van der Waals surface area contributed by atoms with Crippen molar-refractivity contribution in [2.24, 2.45) is 5.11 Å². The molecule has 0 radical (unpaired) electrons. The smallest absolute Gasteiger partial charge is 0.0973 e. The molecule has 0 heterocycles. The zero-order valence-corrected chi connectivity index (χ0v) is 5.42. The summed E-state index contributed by atoms with van der Waals surface area (Å²) in [5.74, 6) is 0. The van der Waals surface area contributed by atoms with Crippen molar-refractivity contribution in [3.8, 4) is 0 Å². The van der Waals surface area contributed by atoms with Crippen LogP contribution in [-0.2, 0) is 0 Å². The molecule has 0 aromatic heterocycles. The Bertz CT molecular complexity index is 107. The molecule has 0 N–H and O–H groups in total. The first-order chi connectivity index (χ1) is 4.27. The zero-order valence-electron chi connectivity index (χ0n) is 5.42. The summed E-state index contributed by atoms with van der Waals surface area (Å²) in [5, 5.41) is 3.26. The normalized spacial score (nSPS) is 12.2. The fraction of sp³-hybridized carbons (Fsp3) is 1.00. The van der Waals surface area contributed by atoms with E-state index in [1.54, 1.807) is 0 Å². The van der Waals surface area contributed by atoms with Crippen molar-refractivity contribution in [3.05, 3.63) is 10.4 Å². The van der Waals surface area contributed by atoms with Crippen molar-refractivity contribution < 1.29 is 4.39 Å². The van der Waals surface area contributed by atoms with Crippen LogP contribution in [0, 0.1) is 0 Å². The maximum Gasteiger partial charge on any atom is 0.0973 e. The Labute approximate surface area is 53.5 Å². The summed E-state index contributed by atoms with van der Waals surface area (Å²) in [6, 6.07) is 0. The van der Waals surface area contributed by atoms with E-state index in [0.29, 0.717) is 19.4 Å². The van der Waals surface area contributed by atoms with E-state index in [9.17, 15) is 4.39 Å². The molecule has 3 nitrogen and oxygen atoms in total. The van der Waals surface area contributed by atoms with E-state index < -0.39 is 6.17 Å². The van der Waals surface area contributed by atoms with Crippen molar-refractivity contribution >= 4 is 0 Å². The Morgan fingerprint density at radius 2 is 2.44 bits per heavy atom. The van der Waals surface area contributed by atoms with E-state index in [2.05, 4.69) is 10.0 Å².